The third-order valence-corrected chi connectivity index (χ3v) is 2.27. The van der Waals surface area contributed by atoms with E-state index in [4.69, 9.17) is 5.11 Å². The van der Waals surface area contributed by atoms with Crippen LogP contribution in [-0.2, 0) is 11.3 Å². The normalized spacial score (nSPS) is 11.1. The number of hydrogen-bond acceptors (Lipinski definition) is 2. The maximum Gasteiger partial charge on any atom is 0.328 e. The number of rotatable bonds is 4. The second-order valence-corrected chi connectivity index (χ2v) is 3.48. The third kappa shape index (κ3) is 2.68. The predicted molar refractivity (Wildman–Crippen MR) is 58.7 cm³/mol. The van der Waals surface area contributed by atoms with Crippen molar-refractivity contribution in [2.45, 2.75) is 33.7 Å². The van der Waals surface area contributed by atoms with E-state index in [0.29, 0.717) is 0 Å². The van der Waals surface area contributed by atoms with Crippen LogP contribution in [0.25, 0.3) is 6.08 Å². The first-order valence-electron chi connectivity index (χ1n) is 5.01. The van der Waals surface area contributed by atoms with Crippen molar-refractivity contribution in [3.8, 4) is 0 Å². The van der Waals surface area contributed by atoms with Crippen molar-refractivity contribution in [1.82, 2.24) is 9.78 Å². The zero-order chi connectivity index (χ0) is 11.4. The molecule has 15 heavy (non-hydrogen) atoms. The molecule has 0 bridgehead atoms. The lowest BCUT2D eigenvalue weighted by molar-refractivity contribution is -0.131. The van der Waals surface area contributed by atoms with E-state index in [-0.39, 0.29) is 0 Å². The van der Waals surface area contributed by atoms with Gasteiger partial charge in [0.25, 0.3) is 0 Å². The quantitative estimate of drug-likeness (QED) is 0.770. The number of aliphatic carboxylic acids is 1. The number of aromatic nitrogens is 2. The molecule has 82 valence electrons. The molecule has 0 aliphatic heterocycles. The Bertz CT molecular complexity index is 392. The molecule has 0 amide bonds. The zero-order valence-corrected chi connectivity index (χ0v) is 9.32. The van der Waals surface area contributed by atoms with Gasteiger partial charge < -0.3 is 5.11 Å². The molecule has 0 aromatic carbocycles. The summed E-state index contributed by atoms with van der Waals surface area (Å²) in [5.41, 5.74) is 2.80. The van der Waals surface area contributed by atoms with Crippen molar-refractivity contribution >= 4 is 12.0 Å². The van der Waals surface area contributed by atoms with Crippen molar-refractivity contribution < 1.29 is 9.90 Å². The maximum absolute atomic E-state index is 10.4. The molecule has 0 aliphatic rings. The number of hydrogen-bond donors (Lipinski definition) is 1. The highest BCUT2D eigenvalue weighted by Crippen LogP contribution is 2.15. The lowest BCUT2D eigenvalue weighted by atomic mass is 10.2. The molecule has 0 saturated heterocycles. The molecule has 1 N–H and O–H groups in total. The Labute approximate surface area is 89.2 Å². The van der Waals surface area contributed by atoms with E-state index >= 15 is 0 Å². The van der Waals surface area contributed by atoms with Crippen LogP contribution < -0.4 is 0 Å². The molecule has 4 nitrogen and oxygen atoms in total. The molecule has 0 spiro atoms. The van der Waals surface area contributed by atoms with Crippen LogP contribution in [0.15, 0.2) is 6.08 Å². The summed E-state index contributed by atoms with van der Waals surface area (Å²) in [7, 11) is 0. The minimum atomic E-state index is -0.933. The first kappa shape index (κ1) is 11.5. The van der Waals surface area contributed by atoms with Crippen LogP contribution in [0.5, 0.6) is 0 Å². The first-order valence-corrected chi connectivity index (χ1v) is 5.01. The minimum Gasteiger partial charge on any atom is -0.478 e. The summed E-state index contributed by atoms with van der Waals surface area (Å²) in [5.74, 6) is -0.933. The van der Waals surface area contributed by atoms with Crippen molar-refractivity contribution in [1.29, 1.82) is 0 Å². The maximum atomic E-state index is 10.4. The fourth-order valence-electron chi connectivity index (χ4n) is 1.54. The van der Waals surface area contributed by atoms with Gasteiger partial charge >= 0.3 is 5.97 Å². The summed E-state index contributed by atoms with van der Waals surface area (Å²) < 4.78 is 1.91. The van der Waals surface area contributed by atoms with E-state index in [1.165, 1.54) is 0 Å². The van der Waals surface area contributed by atoms with Crippen LogP contribution in [0, 0.1) is 13.8 Å². The first-order chi connectivity index (χ1) is 7.06. The van der Waals surface area contributed by atoms with Crippen molar-refractivity contribution in [2.24, 2.45) is 0 Å². The van der Waals surface area contributed by atoms with E-state index in [1.54, 1.807) is 6.08 Å². The number of nitrogens with zero attached hydrogens (tertiary/aromatic N) is 2. The standard InChI is InChI=1S/C11H16N2O2/c1-4-7-13-9(3)10(8(2)12-13)5-6-11(14)15/h5-6H,4,7H2,1-3H3,(H,14,15). The molecule has 1 heterocycles. The van der Waals surface area contributed by atoms with Gasteiger partial charge in [0.05, 0.1) is 5.69 Å². The third-order valence-electron chi connectivity index (χ3n) is 2.27. The van der Waals surface area contributed by atoms with Gasteiger partial charge in [0.15, 0.2) is 0 Å². The van der Waals surface area contributed by atoms with Gasteiger partial charge in [-0.3, -0.25) is 4.68 Å². The Balaban J connectivity index is 3.02. The van der Waals surface area contributed by atoms with Crippen LogP contribution in [0.3, 0.4) is 0 Å². The highest BCUT2D eigenvalue weighted by molar-refractivity contribution is 5.85. The molecule has 1 aromatic heterocycles. The smallest absolute Gasteiger partial charge is 0.328 e. The number of carboxylic acid groups (broad SMARTS) is 1. The van der Waals surface area contributed by atoms with Gasteiger partial charge in [-0.15, -0.1) is 0 Å². The summed E-state index contributed by atoms with van der Waals surface area (Å²) in [6, 6.07) is 0. The topological polar surface area (TPSA) is 55.1 Å². The summed E-state index contributed by atoms with van der Waals surface area (Å²) in [4.78, 5) is 10.4. The molecular weight excluding hydrogens is 192 g/mol. The molecular formula is C11H16N2O2. The van der Waals surface area contributed by atoms with E-state index in [0.717, 1.165) is 36.0 Å². The fourth-order valence-corrected chi connectivity index (χ4v) is 1.54. The average Bonchev–Trinajstić information content (AvgIpc) is 2.40. The van der Waals surface area contributed by atoms with Crippen molar-refractivity contribution in [2.75, 3.05) is 0 Å². The Morgan fingerprint density at radius 1 is 1.53 bits per heavy atom. The van der Waals surface area contributed by atoms with E-state index in [1.807, 2.05) is 18.5 Å². The average molecular weight is 208 g/mol. The van der Waals surface area contributed by atoms with Gasteiger partial charge in [-0.1, -0.05) is 6.92 Å². The van der Waals surface area contributed by atoms with Crippen molar-refractivity contribution in [3.63, 3.8) is 0 Å². The number of carboxylic acids is 1. The highest BCUT2D eigenvalue weighted by atomic mass is 16.4. The Kier molecular flexibility index (Phi) is 3.66. The Morgan fingerprint density at radius 3 is 2.73 bits per heavy atom. The molecule has 0 radical (unpaired) electrons. The molecule has 0 fully saturated rings. The van der Waals surface area contributed by atoms with Crippen LogP contribution in [0.1, 0.15) is 30.3 Å². The van der Waals surface area contributed by atoms with Gasteiger partial charge in [0.2, 0.25) is 0 Å². The molecule has 4 heteroatoms. The molecule has 0 atom stereocenters. The van der Waals surface area contributed by atoms with E-state index < -0.39 is 5.97 Å². The molecule has 1 rings (SSSR count). The van der Waals surface area contributed by atoms with Crippen molar-refractivity contribution in [3.05, 3.63) is 23.0 Å². The number of aryl methyl sites for hydroxylation is 2. The Hall–Kier alpha value is -1.58. The van der Waals surface area contributed by atoms with E-state index in [2.05, 4.69) is 12.0 Å². The summed E-state index contributed by atoms with van der Waals surface area (Å²) in [5, 5.41) is 12.9. The van der Waals surface area contributed by atoms with Crippen LogP contribution in [-0.4, -0.2) is 20.9 Å². The zero-order valence-electron chi connectivity index (χ0n) is 9.32. The second-order valence-electron chi connectivity index (χ2n) is 3.48. The summed E-state index contributed by atoms with van der Waals surface area (Å²) in [6.45, 7) is 6.80. The summed E-state index contributed by atoms with van der Waals surface area (Å²) >= 11 is 0. The summed E-state index contributed by atoms with van der Waals surface area (Å²) in [6.07, 6.45) is 3.77. The lowest BCUT2D eigenvalue weighted by Crippen LogP contribution is -2.01. The molecule has 0 saturated carbocycles. The van der Waals surface area contributed by atoms with Gasteiger partial charge in [0, 0.05) is 23.9 Å². The van der Waals surface area contributed by atoms with Gasteiger partial charge in [-0.2, -0.15) is 5.10 Å². The second kappa shape index (κ2) is 4.77. The lowest BCUT2D eigenvalue weighted by Gasteiger charge is -2.00. The van der Waals surface area contributed by atoms with Gasteiger partial charge in [0.1, 0.15) is 0 Å². The van der Waals surface area contributed by atoms with Gasteiger partial charge in [-0.05, 0) is 26.3 Å². The highest BCUT2D eigenvalue weighted by Gasteiger charge is 2.08. The SMILES string of the molecule is CCCn1nc(C)c(C=CC(=O)O)c1C. The Morgan fingerprint density at radius 2 is 2.20 bits per heavy atom. The number of carbonyl (C=O) groups is 1. The van der Waals surface area contributed by atoms with Crippen LogP contribution >= 0.6 is 0 Å². The molecule has 0 aliphatic carbocycles. The minimum absolute atomic E-state index is 0.869. The predicted octanol–water partition coefficient (Wildman–Crippen LogP) is 2.01. The van der Waals surface area contributed by atoms with Gasteiger partial charge in [-0.25, -0.2) is 4.79 Å². The largest absolute Gasteiger partial charge is 0.478 e. The van der Waals surface area contributed by atoms with Crippen LogP contribution in [0.4, 0.5) is 0 Å². The molecule has 1 aromatic rings. The molecule has 0 unspecified atom stereocenters. The fraction of sp³-hybridized carbons (Fsp3) is 0.455. The van der Waals surface area contributed by atoms with E-state index in [9.17, 15) is 4.79 Å². The van der Waals surface area contributed by atoms with Crippen LogP contribution in [0.2, 0.25) is 0 Å². The monoisotopic (exact) mass is 208 g/mol.